The lowest BCUT2D eigenvalue weighted by Gasteiger charge is -2.24. The Morgan fingerprint density at radius 3 is 2.84 bits per heavy atom. The molecule has 1 aliphatic rings. The summed E-state index contributed by atoms with van der Waals surface area (Å²) in [6.45, 7) is 3.06. The van der Waals surface area contributed by atoms with Crippen LogP contribution < -0.4 is 10.2 Å². The van der Waals surface area contributed by atoms with Gasteiger partial charge in [0.2, 0.25) is 11.8 Å². The molecule has 0 aliphatic carbocycles. The Kier molecular flexibility index (Phi) is 5.59. The first-order valence-corrected chi connectivity index (χ1v) is 10.1. The molecule has 0 bridgehead atoms. The highest BCUT2D eigenvalue weighted by Crippen LogP contribution is 2.41. The normalized spacial score (nSPS) is 14.8. The van der Waals surface area contributed by atoms with E-state index in [1.807, 2.05) is 0 Å². The van der Waals surface area contributed by atoms with E-state index in [0.717, 1.165) is 6.07 Å². The Hall–Kier alpha value is -3.83. The number of carbonyl (C=O) groups is 2. The summed E-state index contributed by atoms with van der Waals surface area (Å²) in [6.07, 6.45) is 1.58. The van der Waals surface area contributed by atoms with Crippen LogP contribution in [0, 0.1) is 24.1 Å². The lowest BCUT2D eigenvalue weighted by molar-refractivity contribution is -0.122. The molecule has 0 radical (unpaired) electrons. The van der Waals surface area contributed by atoms with Gasteiger partial charge < -0.3 is 10.2 Å². The van der Waals surface area contributed by atoms with Gasteiger partial charge in [-0.2, -0.15) is 5.26 Å². The first-order chi connectivity index (χ1) is 15.3. The van der Waals surface area contributed by atoms with Crippen molar-refractivity contribution in [2.75, 3.05) is 16.8 Å². The first-order valence-electron chi connectivity index (χ1n) is 9.73. The Balaban J connectivity index is 1.78. The van der Waals surface area contributed by atoms with E-state index in [1.54, 1.807) is 38.2 Å². The maximum atomic E-state index is 13.7. The van der Waals surface area contributed by atoms with Gasteiger partial charge in [0.25, 0.3) is 0 Å². The van der Waals surface area contributed by atoms with Crippen molar-refractivity contribution in [3.05, 3.63) is 70.5 Å². The Labute approximate surface area is 188 Å². The second-order valence-electron chi connectivity index (χ2n) is 7.38. The van der Waals surface area contributed by atoms with Crippen molar-refractivity contribution in [3.8, 4) is 17.2 Å². The van der Waals surface area contributed by atoms with E-state index in [9.17, 15) is 19.2 Å². The van der Waals surface area contributed by atoms with Gasteiger partial charge in [0, 0.05) is 28.7 Å². The van der Waals surface area contributed by atoms with Gasteiger partial charge in [0.05, 0.1) is 22.3 Å². The van der Waals surface area contributed by atoms with E-state index in [-0.39, 0.29) is 28.9 Å². The summed E-state index contributed by atoms with van der Waals surface area (Å²) in [5, 5.41) is 12.2. The number of fused-ring (bicyclic) bond motifs is 3. The van der Waals surface area contributed by atoms with Crippen LogP contribution in [0.2, 0.25) is 5.02 Å². The molecule has 1 aromatic carbocycles. The molecule has 9 heteroatoms. The zero-order valence-corrected chi connectivity index (χ0v) is 17.9. The lowest BCUT2D eigenvalue weighted by Crippen LogP contribution is -2.40. The molecule has 1 atom stereocenters. The zero-order valence-electron chi connectivity index (χ0n) is 17.2. The fraction of sp³-hybridized carbons (Fsp3) is 0.174. The van der Waals surface area contributed by atoms with E-state index >= 15 is 0 Å². The highest BCUT2D eigenvalue weighted by molar-refractivity contribution is 6.30. The maximum Gasteiger partial charge on any atom is 0.244 e. The average molecular weight is 450 g/mol. The van der Waals surface area contributed by atoms with Crippen molar-refractivity contribution in [2.45, 2.75) is 19.8 Å². The number of halogens is 2. The molecular weight excluding hydrogens is 433 g/mol. The molecule has 3 heterocycles. The Bertz CT molecular complexity index is 1300. The highest BCUT2D eigenvalue weighted by atomic mass is 35.5. The molecule has 1 aliphatic heterocycles. The van der Waals surface area contributed by atoms with Gasteiger partial charge in [-0.05, 0) is 44.2 Å². The highest BCUT2D eigenvalue weighted by Gasteiger charge is 2.35. The first kappa shape index (κ1) is 21.4. The van der Waals surface area contributed by atoms with Gasteiger partial charge in [0.1, 0.15) is 18.4 Å². The largest absolute Gasteiger partial charge is 0.324 e. The van der Waals surface area contributed by atoms with Crippen LogP contribution in [-0.2, 0) is 9.59 Å². The molecule has 160 valence electrons. The number of nitrogens with one attached hydrogen (secondary N) is 1. The number of hydrogen-bond acceptors (Lipinski definition) is 5. The van der Waals surface area contributed by atoms with Gasteiger partial charge in [0.15, 0.2) is 5.69 Å². The molecule has 4 rings (SSSR count). The van der Waals surface area contributed by atoms with Gasteiger partial charge in [-0.15, -0.1) is 0 Å². The third-order valence-electron chi connectivity index (χ3n) is 5.18. The fourth-order valence-corrected chi connectivity index (χ4v) is 3.86. The Morgan fingerprint density at radius 2 is 2.12 bits per heavy atom. The molecule has 0 spiro atoms. The number of aryl methyl sites for hydroxylation is 1. The minimum absolute atomic E-state index is 0.0641. The quantitative estimate of drug-likeness (QED) is 0.645. The molecule has 32 heavy (non-hydrogen) atoms. The van der Waals surface area contributed by atoms with Crippen LogP contribution in [0.3, 0.4) is 0 Å². The minimum atomic E-state index is -0.670. The van der Waals surface area contributed by atoms with E-state index in [4.69, 9.17) is 11.6 Å². The third-order valence-corrected chi connectivity index (χ3v) is 5.49. The van der Waals surface area contributed by atoms with Gasteiger partial charge >= 0.3 is 0 Å². The molecule has 0 saturated carbocycles. The van der Waals surface area contributed by atoms with Crippen molar-refractivity contribution in [2.24, 2.45) is 0 Å². The number of amides is 2. The van der Waals surface area contributed by atoms with E-state index in [2.05, 4.69) is 21.4 Å². The number of benzene rings is 1. The van der Waals surface area contributed by atoms with Crippen molar-refractivity contribution >= 4 is 34.8 Å². The van der Waals surface area contributed by atoms with Crippen LogP contribution in [-0.4, -0.2) is 28.3 Å². The van der Waals surface area contributed by atoms with Crippen LogP contribution in [0.15, 0.2) is 42.6 Å². The number of anilines is 2. The Morgan fingerprint density at radius 1 is 1.34 bits per heavy atom. The predicted molar refractivity (Wildman–Crippen MR) is 118 cm³/mol. The topological polar surface area (TPSA) is 99.0 Å². The number of nitriles is 1. The number of hydrogen-bond donors (Lipinski definition) is 1. The second-order valence-corrected chi connectivity index (χ2v) is 7.78. The molecule has 0 fully saturated rings. The van der Waals surface area contributed by atoms with Crippen LogP contribution in [0.5, 0.6) is 0 Å². The number of carbonyl (C=O) groups excluding carboxylic acids is 2. The summed E-state index contributed by atoms with van der Waals surface area (Å²) >= 11 is 5.69. The summed E-state index contributed by atoms with van der Waals surface area (Å²) < 4.78 is 13.7. The van der Waals surface area contributed by atoms with Gasteiger partial charge in [-0.1, -0.05) is 17.7 Å². The van der Waals surface area contributed by atoms with Crippen LogP contribution in [0.4, 0.5) is 15.8 Å². The molecule has 2 aromatic heterocycles. The van der Waals surface area contributed by atoms with Crippen molar-refractivity contribution in [1.82, 2.24) is 9.97 Å². The second kappa shape index (κ2) is 8.36. The van der Waals surface area contributed by atoms with Crippen molar-refractivity contribution in [3.63, 3.8) is 0 Å². The SMILES string of the molecule is Cc1cc2c(c(C#N)n1)-c1cccnc1[C@@H](C)C(=O)N2CC(=O)Nc1ccc(Cl)c(F)c1. The van der Waals surface area contributed by atoms with E-state index < -0.39 is 17.6 Å². The molecule has 0 unspecified atom stereocenters. The van der Waals surface area contributed by atoms with Crippen LogP contribution in [0.25, 0.3) is 11.1 Å². The molecule has 3 aromatic rings. The van der Waals surface area contributed by atoms with Gasteiger partial charge in [-0.3, -0.25) is 14.6 Å². The summed E-state index contributed by atoms with van der Waals surface area (Å²) in [7, 11) is 0. The summed E-state index contributed by atoms with van der Waals surface area (Å²) in [5.41, 5.74) is 2.85. The number of rotatable bonds is 3. The summed E-state index contributed by atoms with van der Waals surface area (Å²) in [6, 6.07) is 11.1. The molecule has 0 saturated heterocycles. The van der Waals surface area contributed by atoms with Crippen LogP contribution in [0.1, 0.15) is 29.9 Å². The number of nitrogens with zero attached hydrogens (tertiary/aromatic N) is 4. The van der Waals surface area contributed by atoms with Crippen LogP contribution >= 0.6 is 11.6 Å². The molecular formula is C23H17ClFN5O2. The smallest absolute Gasteiger partial charge is 0.244 e. The predicted octanol–water partition coefficient (Wildman–Crippen LogP) is 4.21. The standard InChI is InChI=1S/C23H17ClFN5O2/c1-12-8-19-21(18(10-26)28-12)15-4-3-7-27-22(15)13(2)23(32)30(19)11-20(31)29-14-5-6-16(24)17(25)9-14/h3-9,13H,11H2,1-2H3,(H,29,31)/t13-/m1/s1. The lowest BCUT2D eigenvalue weighted by atomic mass is 9.96. The minimum Gasteiger partial charge on any atom is -0.324 e. The molecule has 2 amide bonds. The molecule has 7 nitrogen and oxygen atoms in total. The van der Waals surface area contributed by atoms with Gasteiger partial charge in [-0.25, -0.2) is 9.37 Å². The third kappa shape index (κ3) is 3.79. The summed E-state index contributed by atoms with van der Waals surface area (Å²) in [4.78, 5) is 36.2. The number of pyridine rings is 2. The zero-order chi connectivity index (χ0) is 23.0. The number of aromatic nitrogens is 2. The maximum absolute atomic E-state index is 13.7. The van der Waals surface area contributed by atoms with Crippen molar-refractivity contribution < 1.29 is 14.0 Å². The van der Waals surface area contributed by atoms with Crippen molar-refractivity contribution in [1.29, 1.82) is 5.26 Å². The van der Waals surface area contributed by atoms with E-state index in [0.29, 0.717) is 28.2 Å². The molecule has 1 N–H and O–H groups in total. The van der Waals surface area contributed by atoms with E-state index in [1.165, 1.54) is 17.0 Å². The average Bonchev–Trinajstić information content (AvgIpc) is 2.85. The monoisotopic (exact) mass is 449 g/mol. The fourth-order valence-electron chi connectivity index (χ4n) is 3.74. The summed E-state index contributed by atoms with van der Waals surface area (Å²) in [5.74, 6) is -2.22.